The van der Waals surface area contributed by atoms with E-state index in [2.05, 4.69) is 37.2 Å². The molecule has 0 atom stereocenters. The van der Waals surface area contributed by atoms with Crippen LogP contribution in [0.15, 0.2) is 0 Å². The van der Waals surface area contributed by atoms with Gasteiger partial charge in [-0.1, -0.05) is 20.8 Å². The van der Waals surface area contributed by atoms with Crippen LogP contribution in [0, 0.1) is 6.33 Å². The normalized spacial score (nSPS) is 12.0. The van der Waals surface area contributed by atoms with Gasteiger partial charge in [-0.3, -0.25) is 0 Å². The van der Waals surface area contributed by atoms with Crippen molar-refractivity contribution in [2.75, 3.05) is 0 Å². The summed E-state index contributed by atoms with van der Waals surface area (Å²) in [7, 11) is 1.82. The molecule has 55 valence electrons. The number of nitrogens with zero attached hydrogens (tertiary/aromatic N) is 3. The van der Waals surface area contributed by atoms with Crippen molar-refractivity contribution >= 4 is 0 Å². The van der Waals surface area contributed by atoms with Gasteiger partial charge in [-0.05, 0) is 0 Å². The molecule has 0 aromatic carbocycles. The van der Waals surface area contributed by atoms with E-state index >= 15 is 0 Å². The van der Waals surface area contributed by atoms with Gasteiger partial charge in [-0.15, -0.1) is 0 Å². The minimum Gasteiger partial charge on any atom is -0.246 e. The maximum absolute atomic E-state index is 4.13. The molecule has 0 fully saturated rings. The van der Waals surface area contributed by atoms with Crippen molar-refractivity contribution < 1.29 is 0 Å². The molecule has 0 aliphatic rings. The summed E-state index contributed by atoms with van der Waals surface area (Å²) in [5.41, 5.74) is 0.0394. The van der Waals surface area contributed by atoms with Crippen molar-refractivity contribution in [2.24, 2.45) is 7.05 Å². The molecule has 1 aromatic rings. The number of aryl methyl sites for hydroxylation is 1. The van der Waals surface area contributed by atoms with Crippen LogP contribution in [-0.2, 0) is 12.5 Å². The zero-order valence-corrected chi connectivity index (χ0v) is 6.84. The second-order valence-corrected chi connectivity index (χ2v) is 3.41. The van der Waals surface area contributed by atoms with E-state index in [9.17, 15) is 0 Å². The van der Waals surface area contributed by atoms with Crippen LogP contribution in [-0.4, -0.2) is 14.8 Å². The zero-order valence-electron chi connectivity index (χ0n) is 6.84. The third kappa shape index (κ3) is 1.35. The molecule has 0 saturated heterocycles. The molecule has 0 amide bonds. The standard InChI is InChI=1S/C7H12N3/c1-7(2,3)6-8-5-10(4)9-6/h1-4H3. The highest BCUT2D eigenvalue weighted by molar-refractivity contribution is 4.97. The van der Waals surface area contributed by atoms with Crippen LogP contribution in [0.3, 0.4) is 0 Å². The maximum atomic E-state index is 4.13. The molecule has 0 bridgehead atoms. The highest BCUT2D eigenvalue weighted by Gasteiger charge is 2.17. The topological polar surface area (TPSA) is 30.7 Å². The van der Waals surface area contributed by atoms with E-state index in [-0.39, 0.29) is 5.41 Å². The fourth-order valence-corrected chi connectivity index (χ4v) is 0.624. The summed E-state index contributed by atoms with van der Waals surface area (Å²) >= 11 is 0. The smallest absolute Gasteiger partial charge is 0.196 e. The van der Waals surface area contributed by atoms with Crippen molar-refractivity contribution in [3.8, 4) is 0 Å². The SMILES string of the molecule is Cn1[c]nc(C(C)(C)C)n1. The molecular weight excluding hydrogens is 126 g/mol. The second-order valence-electron chi connectivity index (χ2n) is 3.41. The highest BCUT2D eigenvalue weighted by atomic mass is 15.3. The Morgan fingerprint density at radius 2 is 2.00 bits per heavy atom. The highest BCUT2D eigenvalue weighted by Crippen LogP contribution is 2.16. The van der Waals surface area contributed by atoms with Crippen molar-refractivity contribution in [1.82, 2.24) is 14.8 Å². The maximum Gasteiger partial charge on any atom is 0.196 e. The summed E-state index contributed by atoms with van der Waals surface area (Å²) in [4.78, 5) is 4.01. The first kappa shape index (κ1) is 7.25. The van der Waals surface area contributed by atoms with E-state index in [1.54, 1.807) is 4.68 Å². The number of hydrogen-bond acceptors (Lipinski definition) is 2. The van der Waals surface area contributed by atoms with Crippen LogP contribution in [0.25, 0.3) is 0 Å². The Kier molecular flexibility index (Phi) is 1.50. The minimum atomic E-state index is 0.0394. The molecule has 3 nitrogen and oxygen atoms in total. The van der Waals surface area contributed by atoms with Crippen molar-refractivity contribution in [3.63, 3.8) is 0 Å². The monoisotopic (exact) mass is 138 g/mol. The van der Waals surface area contributed by atoms with E-state index in [1.807, 2.05) is 7.05 Å². The van der Waals surface area contributed by atoms with Crippen LogP contribution >= 0.6 is 0 Å². The lowest BCUT2D eigenvalue weighted by atomic mass is 9.96. The van der Waals surface area contributed by atoms with E-state index in [0.29, 0.717) is 0 Å². The molecule has 0 N–H and O–H groups in total. The van der Waals surface area contributed by atoms with Gasteiger partial charge in [0.1, 0.15) is 0 Å². The Labute approximate surface area is 61.1 Å². The van der Waals surface area contributed by atoms with Gasteiger partial charge < -0.3 is 0 Å². The number of aromatic nitrogens is 3. The summed E-state index contributed by atoms with van der Waals surface area (Å²) in [6, 6.07) is 0. The largest absolute Gasteiger partial charge is 0.246 e. The summed E-state index contributed by atoms with van der Waals surface area (Å²) < 4.78 is 1.60. The Morgan fingerprint density at radius 3 is 2.20 bits per heavy atom. The quantitative estimate of drug-likeness (QED) is 0.533. The third-order valence-electron chi connectivity index (χ3n) is 1.22. The van der Waals surface area contributed by atoms with Crippen LogP contribution in [0.4, 0.5) is 0 Å². The lowest BCUT2D eigenvalue weighted by Crippen LogP contribution is -2.13. The van der Waals surface area contributed by atoms with Crippen molar-refractivity contribution in [1.29, 1.82) is 0 Å². The van der Waals surface area contributed by atoms with Crippen LogP contribution in [0.2, 0.25) is 0 Å². The van der Waals surface area contributed by atoms with E-state index in [0.717, 1.165) is 5.82 Å². The minimum absolute atomic E-state index is 0.0394. The molecule has 1 rings (SSSR count). The van der Waals surface area contributed by atoms with E-state index in [1.165, 1.54) is 0 Å². The van der Waals surface area contributed by atoms with E-state index in [4.69, 9.17) is 0 Å². The first-order valence-corrected chi connectivity index (χ1v) is 3.29. The Bertz CT molecular complexity index is 219. The third-order valence-corrected chi connectivity index (χ3v) is 1.22. The molecule has 0 spiro atoms. The Hall–Kier alpha value is -0.860. The summed E-state index contributed by atoms with van der Waals surface area (Å²) in [5.74, 6) is 0.843. The summed E-state index contributed by atoms with van der Waals surface area (Å²) in [5, 5.41) is 4.13. The fourth-order valence-electron chi connectivity index (χ4n) is 0.624. The molecule has 10 heavy (non-hydrogen) atoms. The number of rotatable bonds is 0. The van der Waals surface area contributed by atoms with Gasteiger partial charge in [0, 0.05) is 12.5 Å². The first-order chi connectivity index (χ1) is 4.50. The van der Waals surface area contributed by atoms with Crippen molar-refractivity contribution in [3.05, 3.63) is 12.2 Å². The molecule has 0 unspecified atom stereocenters. The lowest BCUT2D eigenvalue weighted by Gasteiger charge is -2.11. The predicted octanol–water partition coefficient (Wildman–Crippen LogP) is 0.913. The average molecular weight is 138 g/mol. The molecule has 1 aromatic heterocycles. The van der Waals surface area contributed by atoms with Crippen LogP contribution in [0.1, 0.15) is 26.6 Å². The summed E-state index contributed by atoms with van der Waals surface area (Å²) in [6.07, 6.45) is 2.73. The molecule has 0 aliphatic heterocycles. The van der Waals surface area contributed by atoms with Gasteiger partial charge in [-0.2, -0.15) is 5.10 Å². The predicted molar refractivity (Wildman–Crippen MR) is 38.5 cm³/mol. The van der Waals surface area contributed by atoms with Gasteiger partial charge in [0.15, 0.2) is 12.2 Å². The first-order valence-electron chi connectivity index (χ1n) is 3.29. The lowest BCUT2D eigenvalue weighted by molar-refractivity contribution is 0.538. The van der Waals surface area contributed by atoms with Gasteiger partial charge in [0.2, 0.25) is 0 Å². The van der Waals surface area contributed by atoms with Gasteiger partial charge in [-0.25, -0.2) is 9.67 Å². The fraction of sp³-hybridized carbons (Fsp3) is 0.714. The molecule has 1 heterocycles. The number of hydrogen-bond donors (Lipinski definition) is 0. The Morgan fingerprint density at radius 1 is 1.40 bits per heavy atom. The summed E-state index contributed by atoms with van der Waals surface area (Å²) in [6.45, 7) is 6.24. The Balaban J connectivity index is 2.96. The molecular formula is C7H12N3. The molecule has 3 heteroatoms. The van der Waals surface area contributed by atoms with Gasteiger partial charge in [0.25, 0.3) is 0 Å². The van der Waals surface area contributed by atoms with Gasteiger partial charge in [0.05, 0.1) is 0 Å². The average Bonchev–Trinajstić information content (AvgIpc) is 2.11. The molecule has 0 aliphatic carbocycles. The van der Waals surface area contributed by atoms with Crippen LogP contribution < -0.4 is 0 Å². The van der Waals surface area contributed by atoms with Crippen molar-refractivity contribution in [2.45, 2.75) is 26.2 Å². The molecule has 1 radical (unpaired) electrons. The van der Waals surface area contributed by atoms with Gasteiger partial charge >= 0.3 is 0 Å². The van der Waals surface area contributed by atoms with Crippen LogP contribution in [0.5, 0.6) is 0 Å². The second kappa shape index (κ2) is 2.08. The van der Waals surface area contributed by atoms with E-state index < -0.39 is 0 Å². The zero-order chi connectivity index (χ0) is 7.78. The molecule has 0 saturated carbocycles.